The highest BCUT2D eigenvalue weighted by Crippen LogP contribution is 2.32. The standard InChI is InChI=1S/C20H11F8N7/c21-18(22)5-8-35(9-6-18)17-33-15(12-2-1-3-13(31-12)19(23,24)25)32-16(34-17)30-11-4-7-29-14(10-11)20(26,27)28/h1-10H,(H,29,30,32,33,34). The largest absolute Gasteiger partial charge is 0.433 e. The number of nitrogens with one attached hydrogen (secondary N) is 1. The van der Waals surface area contributed by atoms with Gasteiger partial charge in [0.25, 0.3) is 5.92 Å². The van der Waals surface area contributed by atoms with Gasteiger partial charge in [-0.3, -0.25) is 9.88 Å². The van der Waals surface area contributed by atoms with E-state index in [-0.39, 0.29) is 23.3 Å². The Morgan fingerprint density at radius 2 is 1.49 bits per heavy atom. The van der Waals surface area contributed by atoms with Crippen molar-refractivity contribution in [2.75, 3.05) is 10.2 Å². The molecule has 1 aliphatic rings. The van der Waals surface area contributed by atoms with Gasteiger partial charge in [-0.05, 0) is 24.3 Å². The molecule has 0 saturated carbocycles. The van der Waals surface area contributed by atoms with Crippen molar-refractivity contribution < 1.29 is 35.1 Å². The van der Waals surface area contributed by atoms with Crippen LogP contribution in [0.15, 0.2) is 61.1 Å². The molecule has 0 aliphatic carbocycles. The zero-order valence-corrected chi connectivity index (χ0v) is 17.0. The minimum atomic E-state index is -4.78. The second kappa shape index (κ2) is 8.56. The fraction of sp³-hybridized carbons (Fsp3) is 0.150. The summed E-state index contributed by atoms with van der Waals surface area (Å²) < 4.78 is 105. The van der Waals surface area contributed by atoms with Crippen LogP contribution in [0.2, 0.25) is 0 Å². The van der Waals surface area contributed by atoms with Crippen molar-refractivity contribution in [3.8, 4) is 11.5 Å². The van der Waals surface area contributed by atoms with Crippen LogP contribution in [-0.4, -0.2) is 30.8 Å². The van der Waals surface area contributed by atoms with E-state index in [4.69, 9.17) is 0 Å². The molecule has 0 aromatic carbocycles. The number of alkyl halides is 8. The maximum atomic E-state index is 13.4. The summed E-state index contributed by atoms with van der Waals surface area (Å²) in [5.41, 5.74) is -2.95. The average molecular weight is 501 g/mol. The molecule has 7 nitrogen and oxygen atoms in total. The monoisotopic (exact) mass is 501 g/mol. The quantitative estimate of drug-likeness (QED) is 0.467. The molecular formula is C20H11F8N7. The van der Waals surface area contributed by atoms with Crippen LogP contribution >= 0.6 is 0 Å². The zero-order valence-electron chi connectivity index (χ0n) is 17.0. The van der Waals surface area contributed by atoms with E-state index >= 15 is 0 Å². The highest BCUT2D eigenvalue weighted by Gasteiger charge is 2.34. The number of hydrogen-bond donors (Lipinski definition) is 1. The molecule has 4 rings (SSSR count). The number of hydrogen-bond acceptors (Lipinski definition) is 7. The molecule has 182 valence electrons. The topological polar surface area (TPSA) is 79.7 Å². The Bertz CT molecular complexity index is 1290. The Hall–Kier alpha value is -4.17. The van der Waals surface area contributed by atoms with Crippen LogP contribution in [0.4, 0.5) is 52.7 Å². The van der Waals surface area contributed by atoms with E-state index < -0.39 is 35.5 Å². The molecule has 3 aromatic heterocycles. The van der Waals surface area contributed by atoms with E-state index in [9.17, 15) is 35.1 Å². The lowest BCUT2D eigenvalue weighted by atomic mass is 10.2. The smallest absolute Gasteiger partial charge is 0.324 e. The molecule has 0 atom stereocenters. The van der Waals surface area contributed by atoms with Crippen molar-refractivity contribution in [2.24, 2.45) is 0 Å². The highest BCUT2D eigenvalue weighted by atomic mass is 19.4. The lowest BCUT2D eigenvalue weighted by Crippen LogP contribution is -2.21. The first-order valence-electron chi connectivity index (χ1n) is 9.46. The van der Waals surface area contributed by atoms with Gasteiger partial charge >= 0.3 is 12.4 Å². The molecule has 0 fully saturated rings. The third-order valence-electron chi connectivity index (χ3n) is 4.34. The summed E-state index contributed by atoms with van der Waals surface area (Å²) in [7, 11) is 0. The van der Waals surface area contributed by atoms with Gasteiger partial charge in [-0.2, -0.15) is 50.1 Å². The van der Waals surface area contributed by atoms with E-state index in [0.717, 1.165) is 35.6 Å². The molecule has 35 heavy (non-hydrogen) atoms. The van der Waals surface area contributed by atoms with Crippen LogP contribution < -0.4 is 10.2 Å². The van der Waals surface area contributed by atoms with Crippen LogP contribution in [-0.2, 0) is 12.4 Å². The Morgan fingerprint density at radius 3 is 2.14 bits per heavy atom. The van der Waals surface area contributed by atoms with Crippen molar-refractivity contribution in [2.45, 2.75) is 18.3 Å². The maximum Gasteiger partial charge on any atom is 0.433 e. The van der Waals surface area contributed by atoms with Crippen LogP contribution in [0.3, 0.4) is 0 Å². The van der Waals surface area contributed by atoms with Crippen LogP contribution in [0, 0.1) is 0 Å². The summed E-state index contributed by atoms with van der Waals surface area (Å²) in [4.78, 5) is 19.6. The molecule has 3 aromatic rings. The molecule has 0 amide bonds. The van der Waals surface area contributed by atoms with E-state index in [0.29, 0.717) is 18.2 Å². The van der Waals surface area contributed by atoms with Gasteiger partial charge in [-0.15, -0.1) is 0 Å². The summed E-state index contributed by atoms with van der Waals surface area (Å²) in [5.74, 6) is -4.35. The van der Waals surface area contributed by atoms with Gasteiger partial charge in [0.15, 0.2) is 5.82 Å². The van der Waals surface area contributed by atoms with Gasteiger partial charge in [-0.25, -0.2) is 4.98 Å². The van der Waals surface area contributed by atoms with Crippen molar-refractivity contribution in [1.29, 1.82) is 0 Å². The molecule has 0 spiro atoms. The van der Waals surface area contributed by atoms with Gasteiger partial charge in [0.2, 0.25) is 11.9 Å². The van der Waals surface area contributed by atoms with Crippen molar-refractivity contribution >= 4 is 17.6 Å². The minimum absolute atomic E-state index is 0.149. The third-order valence-corrected chi connectivity index (χ3v) is 4.34. The van der Waals surface area contributed by atoms with E-state index in [2.05, 4.69) is 30.2 Å². The molecule has 15 heteroatoms. The van der Waals surface area contributed by atoms with E-state index in [1.807, 2.05) is 0 Å². The summed E-state index contributed by atoms with van der Waals surface area (Å²) in [6.07, 6.45) is -5.78. The fourth-order valence-corrected chi connectivity index (χ4v) is 2.76. The molecule has 1 aliphatic heterocycles. The first-order valence-corrected chi connectivity index (χ1v) is 9.46. The van der Waals surface area contributed by atoms with Gasteiger partial charge in [-0.1, -0.05) is 6.07 Å². The highest BCUT2D eigenvalue weighted by molar-refractivity contribution is 5.60. The lowest BCUT2D eigenvalue weighted by molar-refractivity contribution is -0.141. The molecule has 4 heterocycles. The van der Waals surface area contributed by atoms with Gasteiger partial charge in [0, 0.05) is 36.4 Å². The van der Waals surface area contributed by atoms with Crippen molar-refractivity contribution in [3.63, 3.8) is 0 Å². The van der Waals surface area contributed by atoms with E-state index in [1.54, 1.807) is 0 Å². The Kier molecular flexibility index (Phi) is 5.86. The second-order valence-corrected chi connectivity index (χ2v) is 6.95. The fourth-order valence-electron chi connectivity index (χ4n) is 2.76. The molecular weight excluding hydrogens is 490 g/mol. The minimum Gasteiger partial charge on any atom is -0.324 e. The van der Waals surface area contributed by atoms with Crippen molar-refractivity contribution in [3.05, 3.63) is 72.5 Å². The molecule has 1 N–H and O–H groups in total. The first-order chi connectivity index (χ1) is 16.3. The number of aromatic nitrogens is 5. The van der Waals surface area contributed by atoms with Crippen LogP contribution in [0.1, 0.15) is 11.4 Å². The summed E-state index contributed by atoms with van der Waals surface area (Å²) >= 11 is 0. The predicted molar refractivity (Wildman–Crippen MR) is 106 cm³/mol. The molecule has 0 bridgehead atoms. The Balaban J connectivity index is 1.78. The van der Waals surface area contributed by atoms with Crippen molar-refractivity contribution in [1.82, 2.24) is 24.9 Å². The number of nitrogens with zero attached hydrogens (tertiary/aromatic N) is 6. The summed E-state index contributed by atoms with van der Waals surface area (Å²) in [6, 6.07) is 4.78. The van der Waals surface area contributed by atoms with Gasteiger partial charge in [0.05, 0.1) is 0 Å². The number of anilines is 3. The maximum absolute atomic E-state index is 13.4. The second-order valence-electron chi connectivity index (χ2n) is 6.95. The van der Waals surface area contributed by atoms with Gasteiger partial charge < -0.3 is 5.32 Å². The number of halogens is 8. The number of allylic oxidation sites excluding steroid dienone is 2. The lowest BCUT2D eigenvalue weighted by Gasteiger charge is -2.20. The normalized spacial score (nSPS) is 15.4. The molecule has 0 saturated heterocycles. The van der Waals surface area contributed by atoms with Crippen LogP contribution in [0.5, 0.6) is 0 Å². The Labute approximate surface area is 190 Å². The number of rotatable bonds is 4. The zero-order chi connectivity index (χ0) is 25.4. The predicted octanol–water partition coefficient (Wildman–Crippen LogP) is 5.59. The first kappa shape index (κ1) is 24.0. The Morgan fingerprint density at radius 1 is 0.800 bits per heavy atom. The SMILES string of the molecule is FC1(F)C=CN(c2nc(Nc3ccnc(C(F)(F)F)c3)nc(-c3cccc(C(F)(F)F)n3)n2)C=C1. The summed E-state index contributed by atoms with van der Waals surface area (Å²) in [6.45, 7) is 0. The third kappa shape index (κ3) is 5.67. The number of pyridine rings is 2. The van der Waals surface area contributed by atoms with Gasteiger partial charge in [0.1, 0.15) is 17.1 Å². The van der Waals surface area contributed by atoms with E-state index in [1.165, 1.54) is 12.1 Å². The molecule has 0 radical (unpaired) electrons. The molecule has 0 unspecified atom stereocenters. The summed E-state index contributed by atoms with van der Waals surface area (Å²) in [5, 5.41) is 2.49. The van der Waals surface area contributed by atoms with Crippen LogP contribution in [0.25, 0.3) is 11.5 Å². The average Bonchev–Trinajstić information content (AvgIpc) is 2.78.